The lowest BCUT2D eigenvalue weighted by Gasteiger charge is -2.32. The number of amides is 1. The van der Waals surface area contributed by atoms with Gasteiger partial charge in [0.15, 0.2) is 11.5 Å². The van der Waals surface area contributed by atoms with E-state index in [4.69, 9.17) is 9.47 Å². The Morgan fingerprint density at radius 3 is 2.43 bits per heavy atom. The molecule has 0 unspecified atom stereocenters. The lowest BCUT2D eigenvalue weighted by Crippen LogP contribution is -2.38. The van der Waals surface area contributed by atoms with Crippen LogP contribution in [-0.4, -0.2) is 43.2 Å². The van der Waals surface area contributed by atoms with Crippen LogP contribution >= 0.6 is 0 Å². The van der Waals surface area contributed by atoms with Gasteiger partial charge in [-0.15, -0.1) is 6.58 Å². The lowest BCUT2D eigenvalue weighted by atomic mass is 9.89. The van der Waals surface area contributed by atoms with Crippen LogP contribution in [0.5, 0.6) is 17.2 Å². The number of hydrogen-bond donors (Lipinski definition) is 1. The fourth-order valence-electron chi connectivity index (χ4n) is 3.82. The van der Waals surface area contributed by atoms with Gasteiger partial charge in [0.1, 0.15) is 5.75 Å². The first-order valence-electron chi connectivity index (χ1n) is 9.51. The van der Waals surface area contributed by atoms with Gasteiger partial charge in [-0.05, 0) is 55.0 Å². The van der Waals surface area contributed by atoms with E-state index in [1.54, 1.807) is 38.5 Å². The molecule has 0 bridgehead atoms. The summed E-state index contributed by atoms with van der Waals surface area (Å²) >= 11 is 0. The van der Waals surface area contributed by atoms with Crippen molar-refractivity contribution in [1.82, 2.24) is 4.90 Å². The van der Waals surface area contributed by atoms with Crippen molar-refractivity contribution in [2.24, 2.45) is 0 Å². The first-order chi connectivity index (χ1) is 13.6. The number of hydrogen-bond acceptors (Lipinski definition) is 4. The molecule has 2 aromatic carbocycles. The number of phenolic OH excluding ortho intramolecular Hbond substituents is 1. The highest BCUT2D eigenvalue weighted by atomic mass is 16.5. The van der Waals surface area contributed by atoms with Gasteiger partial charge < -0.3 is 19.5 Å². The van der Waals surface area contributed by atoms with Gasteiger partial charge in [0.25, 0.3) is 5.91 Å². The third kappa shape index (κ3) is 4.14. The smallest absolute Gasteiger partial charge is 0.254 e. The van der Waals surface area contributed by atoms with Gasteiger partial charge in [-0.1, -0.05) is 18.2 Å². The Hall–Kier alpha value is -2.95. The van der Waals surface area contributed by atoms with E-state index in [2.05, 4.69) is 6.58 Å². The van der Waals surface area contributed by atoms with Crippen LogP contribution in [0.3, 0.4) is 0 Å². The Kier molecular flexibility index (Phi) is 6.24. The molecule has 2 aromatic rings. The quantitative estimate of drug-likeness (QED) is 0.764. The molecule has 0 saturated carbocycles. The van der Waals surface area contributed by atoms with Crippen molar-refractivity contribution in [3.8, 4) is 17.2 Å². The summed E-state index contributed by atoms with van der Waals surface area (Å²) < 4.78 is 10.9. The van der Waals surface area contributed by atoms with Gasteiger partial charge in [0.2, 0.25) is 0 Å². The maximum absolute atomic E-state index is 13.1. The minimum absolute atomic E-state index is 0.00965. The second-order valence-electron chi connectivity index (χ2n) is 7.02. The number of aromatic hydroxyl groups is 1. The number of phenols is 1. The summed E-state index contributed by atoms with van der Waals surface area (Å²) in [6.07, 6.45) is 4.20. The third-order valence-electron chi connectivity index (χ3n) is 5.31. The van der Waals surface area contributed by atoms with E-state index in [0.717, 1.165) is 18.4 Å². The summed E-state index contributed by atoms with van der Waals surface area (Å²) in [5, 5.41) is 9.46. The molecule has 1 aliphatic rings. The van der Waals surface area contributed by atoms with Crippen LogP contribution in [0, 0.1) is 0 Å². The number of piperidine rings is 1. The van der Waals surface area contributed by atoms with Crippen molar-refractivity contribution >= 4 is 5.91 Å². The van der Waals surface area contributed by atoms with Crippen LogP contribution in [0.25, 0.3) is 0 Å². The van der Waals surface area contributed by atoms with Crippen molar-refractivity contribution in [2.45, 2.75) is 25.2 Å². The maximum atomic E-state index is 13.1. The lowest BCUT2D eigenvalue weighted by molar-refractivity contribution is 0.0712. The Morgan fingerprint density at radius 1 is 1.18 bits per heavy atom. The molecule has 148 valence electrons. The van der Waals surface area contributed by atoms with Gasteiger partial charge >= 0.3 is 0 Å². The molecular formula is C23H27NO4. The third-order valence-corrected chi connectivity index (χ3v) is 5.31. The minimum atomic E-state index is 0.00965. The van der Waals surface area contributed by atoms with E-state index in [1.165, 1.54) is 5.56 Å². The molecule has 3 rings (SSSR count). The van der Waals surface area contributed by atoms with Crippen LogP contribution in [0.15, 0.2) is 49.1 Å². The number of likely N-dealkylation sites (tertiary alicyclic amines) is 1. The van der Waals surface area contributed by atoms with E-state index in [9.17, 15) is 9.90 Å². The molecule has 1 heterocycles. The number of ether oxygens (including phenoxy) is 2. The maximum Gasteiger partial charge on any atom is 0.254 e. The predicted molar refractivity (Wildman–Crippen MR) is 109 cm³/mol. The Balaban J connectivity index is 1.75. The second kappa shape index (κ2) is 8.83. The molecule has 5 nitrogen and oxygen atoms in total. The summed E-state index contributed by atoms with van der Waals surface area (Å²) in [6.45, 7) is 5.19. The topological polar surface area (TPSA) is 59.0 Å². The number of benzene rings is 2. The van der Waals surface area contributed by atoms with Crippen molar-refractivity contribution in [1.29, 1.82) is 0 Å². The summed E-state index contributed by atoms with van der Waals surface area (Å²) in [6, 6.07) is 11.0. The number of methoxy groups -OCH3 is 2. The largest absolute Gasteiger partial charge is 0.508 e. The van der Waals surface area contributed by atoms with Crippen molar-refractivity contribution in [2.75, 3.05) is 27.3 Å². The number of rotatable bonds is 6. The molecule has 28 heavy (non-hydrogen) atoms. The summed E-state index contributed by atoms with van der Waals surface area (Å²) in [7, 11) is 3.17. The molecule has 0 aliphatic carbocycles. The molecule has 1 fully saturated rings. The van der Waals surface area contributed by atoms with E-state index in [-0.39, 0.29) is 11.7 Å². The van der Waals surface area contributed by atoms with Gasteiger partial charge in [0.05, 0.1) is 14.2 Å². The van der Waals surface area contributed by atoms with Gasteiger partial charge in [-0.3, -0.25) is 4.79 Å². The van der Waals surface area contributed by atoms with Crippen LogP contribution < -0.4 is 9.47 Å². The van der Waals surface area contributed by atoms with Crippen molar-refractivity contribution in [3.05, 3.63) is 65.7 Å². The summed E-state index contributed by atoms with van der Waals surface area (Å²) in [5.41, 5.74) is 2.71. The first-order valence-corrected chi connectivity index (χ1v) is 9.51. The highest BCUT2D eigenvalue weighted by Gasteiger charge is 2.26. The van der Waals surface area contributed by atoms with Gasteiger partial charge in [0, 0.05) is 24.2 Å². The fraction of sp³-hybridized carbons (Fsp3) is 0.348. The highest BCUT2D eigenvalue weighted by Crippen LogP contribution is 2.35. The fourth-order valence-corrected chi connectivity index (χ4v) is 3.82. The molecule has 5 heteroatoms. The van der Waals surface area contributed by atoms with Crippen LogP contribution in [-0.2, 0) is 6.42 Å². The summed E-state index contributed by atoms with van der Waals surface area (Å²) in [5.74, 6) is 1.90. The Morgan fingerprint density at radius 2 is 1.86 bits per heavy atom. The SMILES string of the molecule is C=CCc1cc(C(=O)N2CCC(c3ccc(O)cc3)CC2)cc(OC)c1OC. The highest BCUT2D eigenvalue weighted by molar-refractivity contribution is 5.95. The zero-order valence-electron chi connectivity index (χ0n) is 16.5. The van der Waals surface area contributed by atoms with Gasteiger partial charge in [-0.25, -0.2) is 0 Å². The molecule has 1 saturated heterocycles. The predicted octanol–water partition coefficient (Wildman–Crippen LogP) is 4.16. The normalized spacial score (nSPS) is 14.6. The van der Waals surface area contributed by atoms with Crippen LogP contribution in [0.1, 0.15) is 40.2 Å². The van der Waals surface area contributed by atoms with Crippen LogP contribution in [0.4, 0.5) is 0 Å². The van der Waals surface area contributed by atoms with E-state index < -0.39 is 0 Å². The molecule has 1 aliphatic heterocycles. The van der Waals surface area contributed by atoms with E-state index >= 15 is 0 Å². The Bertz CT molecular complexity index is 836. The molecule has 0 aromatic heterocycles. The zero-order valence-corrected chi connectivity index (χ0v) is 16.5. The Labute approximate surface area is 166 Å². The standard InChI is InChI=1S/C23H27NO4/c1-4-5-18-14-19(15-21(27-2)22(18)28-3)23(26)24-12-10-17(11-13-24)16-6-8-20(25)9-7-16/h4,6-9,14-15,17,25H,1,5,10-13H2,2-3H3. The number of carbonyl (C=O) groups is 1. The van der Waals surface area contributed by atoms with E-state index in [1.807, 2.05) is 23.1 Å². The molecular weight excluding hydrogens is 354 g/mol. The van der Waals surface area contributed by atoms with E-state index in [0.29, 0.717) is 42.5 Å². The number of carbonyl (C=O) groups excluding carboxylic acids is 1. The van der Waals surface area contributed by atoms with Crippen LogP contribution in [0.2, 0.25) is 0 Å². The molecule has 0 radical (unpaired) electrons. The summed E-state index contributed by atoms with van der Waals surface area (Å²) in [4.78, 5) is 15.0. The molecule has 1 amide bonds. The van der Waals surface area contributed by atoms with Gasteiger partial charge in [-0.2, -0.15) is 0 Å². The molecule has 0 atom stereocenters. The monoisotopic (exact) mass is 381 g/mol. The number of allylic oxidation sites excluding steroid dienone is 1. The molecule has 0 spiro atoms. The number of nitrogens with zero attached hydrogens (tertiary/aromatic N) is 1. The average molecular weight is 381 g/mol. The minimum Gasteiger partial charge on any atom is -0.508 e. The molecule has 1 N–H and O–H groups in total. The average Bonchev–Trinajstić information content (AvgIpc) is 2.73. The van der Waals surface area contributed by atoms with Crippen molar-refractivity contribution < 1.29 is 19.4 Å². The first kappa shape index (κ1) is 19.8. The zero-order chi connectivity index (χ0) is 20.1. The second-order valence-corrected chi connectivity index (χ2v) is 7.02. The van der Waals surface area contributed by atoms with Crippen molar-refractivity contribution in [3.63, 3.8) is 0 Å².